The topological polar surface area (TPSA) is 66.5 Å². The Kier molecular flexibility index (Phi) is 3.76. The average molecular weight is 360 g/mol. The molecule has 1 saturated carbocycles. The summed E-state index contributed by atoms with van der Waals surface area (Å²) < 4.78 is 40.9. The van der Waals surface area contributed by atoms with Gasteiger partial charge in [0, 0.05) is 18.2 Å². The van der Waals surface area contributed by atoms with Gasteiger partial charge < -0.3 is 5.32 Å². The van der Waals surface area contributed by atoms with Gasteiger partial charge in [-0.05, 0) is 49.1 Å². The number of benzene rings is 2. The molecule has 0 bridgehead atoms. The molecule has 2 aromatic carbocycles. The molecular formula is C18H17FN2O3S. The second-order valence-corrected chi connectivity index (χ2v) is 8.14. The maximum atomic E-state index is 14.0. The molecule has 0 saturated heterocycles. The molecule has 130 valence electrons. The van der Waals surface area contributed by atoms with Crippen molar-refractivity contribution in [1.29, 1.82) is 0 Å². The van der Waals surface area contributed by atoms with Crippen molar-refractivity contribution in [1.82, 2.24) is 5.32 Å². The number of rotatable bonds is 4. The molecule has 2 aliphatic rings. The lowest BCUT2D eigenvalue weighted by atomic mass is 10.0. The minimum absolute atomic E-state index is 0.176. The van der Waals surface area contributed by atoms with Crippen molar-refractivity contribution >= 4 is 21.6 Å². The van der Waals surface area contributed by atoms with Gasteiger partial charge >= 0.3 is 0 Å². The van der Waals surface area contributed by atoms with Crippen LogP contribution in [0.3, 0.4) is 0 Å². The summed E-state index contributed by atoms with van der Waals surface area (Å²) in [4.78, 5) is 12.0. The first-order chi connectivity index (χ1) is 12.0. The Morgan fingerprint density at radius 3 is 2.60 bits per heavy atom. The number of hydrogen-bond acceptors (Lipinski definition) is 3. The minimum Gasteiger partial charge on any atom is -0.349 e. The van der Waals surface area contributed by atoms with E-state index in [1.807, 2.05) is 0 Å². The lowest BCUT2D eigenvalue weighted by molar-refractivity contribution is 0.0950. The van der Waals surface area contributed by atoms with Crippen LogP contribution in [0.15, 0.2) is 47.4 Å². The molecule has 1 amide bonds. The number of amides is 1. The third-order valence-corrected chi connectivity index (χ3v) is 6.39. The average Bonchev–Trinajstić information content (AvgIpc) is 3.29. The third kappa shape index (κ3) is 2.78. The highest BCUT2D eigenvalue weighted by Gasteiger charge is 2.35. The number of carbonyl (C=O) groups is 1. The zero-order chi connectivity index (χ0) is 17.6. The number of sulfonamides is 1. The molecule has 1 fully saturated rings. The molecule has 0 aromatic heterocycles. The van der Waals surface area contributed by atoms with Gasteiger partial charge in [-0.2, -0.15) is 0 Å². The van der Waals surface area contributed by atoms with Crippen LogP contribution in [0, 0.1) is 5.82 Å². The monoisotopic (exact) mass is 360 g/mol. The first kappa shape index (κ1) is 16.1. The number of nitrogens with one attached hydrogen (secondary N) is 1. The van der Waals surface area contributed by atoms with E-state index >= 15 is 0 Å². The van der Waals surface area contributed by atoms with Crippen molar-refractivity contribution in [3.05, 3.63) is 59.4 Å². The Balaban J connectivity index is 1.73. The third-order valence-electron chi connectivity index (χ3n) is 4.55. The molecule has 1 aliphatic heterocycles. The number of halogens is 1. The number of hydrogen-bond donors (Lipinski definition) is 1. The molecule has 4 rings (SSSR count). The van der Waals surface area contributed by atoms with Gasteiger partial charge in [-0.1, -0.05) is 18.2 Å². The molecule has 0 radical (unpaired) electrons. The molecule has 5 nitrogen and oxygen atoms in total. The Hall–Kier alpha value is -2.41. The predicted octanol–water partition coefficient (Wildman–Crippen LogP) is 2.47. The van der Waals surface area contributed by atoms with Crippen LogP contribution in [-0.4, -0.2) is 26.9 Å². The Morgan fingerprint density at radius 2 is 1.88 bits per heavy atom. The largest absolute Gasteiger partial charge is 0.349 e. The van der Waals surface area contributed by atoms with Crippen LogP contribution in [0.2, 0.25) is 0 Å². The Morgan fingerprint density at radius 1 is 1.12 bits per heavy atom. The van der Waals surface area contributed by atoms with E-state index < -0.39 is 15.8 Å². The highest BCUT2D eigenvalue weighted by atomic mass is 32.2. The standard InChI is InChI=1S/C18H17FN2O3S/c19-15-5-1-2-7-17(15)25(23,24)21-11-10-13-14(4-3-6-16(13)21)18(22)20-12-8-9-12/h1-7,12H,8-11H2,(H,20,22). The Bertz CT molecular complexity index is 955. The number of nitrogens with zero attached hydrogens (tertiary/aromatic N) is 1. The van der Waals surface area contributed by atoms with Crippen molar-refractivity contribution < 1.29 is 17.6 Å². The number of anilines is 1. The molecular weight excluding hydrogens is 343 g/mol. The van der Waals surface area contributed by atoms with E-state index in [4.69, 9.17) is 0 Å². The van der Waals surface area contributed by atoms with Crippen molar-refractivity contribution in [2.45, 2.75) is 30.2 Å². The fourth-order valence-electron chi connectivity index (χ4n) is 3.13. The molecule has 1 aliphatic carbocycles. The molecule has 1 heterocycles. The molecule has 25 heavy (non-hydrogen) atoms. The van der Waals surface area contributed by atoms with Crippen molar-refractivity contribution in [3.8, 4) is 0 Å². The number of carbonyl (C=O) groups excluding carboxylic acids is 1. The van der Waals surface area contributed by atoms with Gasteiger partial charge in [0.05, 0.1) is 5.69 Å². The summed E-state index contributed by atoms with van der Waals surface area (Å²) in [6, 6.07) is 10.6. The smallest absolute Gasteiger partial charge is 0.267 e. The SMILES string of the molecule is O=C(NC1CC1)c1cccc2c1CCN2S(=O)(=O)c1ccccc1F. The quantitative estimate of drug-likeness (QED) is 0.911. The summed E-state index contributed by atoms with van der Waals surface area (Å²) in [6.07, 6.45) is 2.39. The fraction of sp³-hybridized carbons (Fsp3) is 0.278. The van der Waals surface area contributed by atoms with Gasteiger partial charge in [-0.15, -0.1) is 0 Å². The summed E-state index contributed by atoms with van der Waals surface area (Å²) in [6.45, 7) is 0.194. The zero-order valence-corrected chi connectivity index (χ0v) is 14.2. The van der Waals surface area contributed by atoms with Crippen LogP contribution in [-0.2, 0) is 16.4 Å². The fourth-order valence-corrected chi connectivity index (χ4v) is 4.69. The van der Waals surface area contributed by atoms with Crippen molar-refractivity contribution in [3.63, 3.8) is 0 Å². The number of fused-ring (bicyclic) bond motifs is 1. The van der Waals surface area contributed by atoms with Gasteiger partial charge in [-0.25, -0.2) is 12.8 Å². The molecule has 1 N–H and O–H groups in total. The van der Waals surface area contributed by atoms with Crippen LogP contribution in [0.5, 0.6) is 0 Å². The van der Waals surface area contributed by atoms with E-state index in [1.54, 1.807) is 18.2 Å². The first-order valence-electron chi connectivity index (χ1n) is 8.18. The van der Waals surface area contributed by atoms with E-state index in [-0.39, 0.29) is 23.4 Å². The van der Waals surface area contributed by atoms with Gasteiger partial charge in [-0.3, -0.25) is 9.10 Å². The van der Waals surface area contributed by atoms with Crippen LogP contribution in [0.4, 0.5) is 10.1 Å². The summed E-state index contributed by atoms with van der Waals surface area (Å²) >= 11 is 0. The second kappa shape index (κ2) is 5.84. The molecule has 0 unspecified atom stereocenters. The Labute approximate surface area is 145 Å². The molecule has 2 aromatic rings. The van der Waals surface area contributed by atoms with E-state index in [9.17, 15) is 17.6 Å². The zero-order valence-electron chi connectivity index (χ0n) is 13.4. The summed E-state index contributed by atoms with van der Waals surface area (Å²) in [5, 5.41) is 2.93. The van der Waals surface area contributed by atoms with Crippen molar-refractivity contribution in [2.24, 2.45) is 0 Å². The molecule has 7 heteroatoms. The maximum absolute atomic E-state index is 14.0. The summed E-state index contributed by atoms with van der Waals surface area (Å²) in [5.41, 5.74) is 1.64. The van der Waals surface area contributed by atoms with E-state index in [1.165, 1.54) is 22.5 Å². The lowest BCUT2D eigenvalue weighted by Gasteiger charge is -2.20. The van der Waals surface area contributed by atoms with E-state index in [0.717, 1.165) is 18.9 Å². The van der Waals surface area contributed by atoms with Crippen molar-refractivity contribution in [2.75, 3.05) is 10.8 Å². The highest BCUT2D eigenvalue weighted by molar-refractivity contribution is 7.92. The summed E-state index contributed by atoms with van der Waals surface area (Å²) in [5.74, 6) is -0.955. The van der Waals surface area contributed by atoms with Crippen LogP contribution in [0.25, 0.3) is 0 Å². The maximum Gasteiger partial charge on any atom is 0.267 e. The van der Waals surface area contributed by atoms with Gasteiger partial charge in [0.25, 0.3) is 15.9 Å². The van der Waals surface area contributed by atoms with Gasteiger partial charge in [0.1, 0.15) is 10.7 Å². The predicted molar refractivity (Wildman–Crippen MR) is 91.6 cm³/mol. The van der Waals surface area contributed by atoms with Crippen LogP contribution >= 0.6 is 0 Å². The minimum atomic E-state index is -4.01. The first-order valence-corrected chi connectivity index (χ1v) is 9.62. The van der Waals surface area contributed by atoms with E-state index in [2.05, 4.69) is 5.32 Å². The normalized spacial score (nSPS) is 16.6. The molecule has 0 atom stereocenters. The van der Waals surface area contributed by atoms with E-state index in [0.29, 0.717) is 23.2 Å². The van der Waals surface area contributed by atoms with Crippen LogP contribution in [0.1, 0.15) is 28.8 Å². The lowest BCUT2D eigenvalue weighted by Crippen LogP contribution is -2.29. The second-order valence-electron chi connectivity index (χ2n) is 6.31. The summed E-state index contributed by atoms with van der Waals surface area (Å²) in [7, 11) is -4.01. The van der Waals surface area contributed by atoms with Gasteiger partial charge in [0.15, 0.2) is 0 Å². The molecule has 0 spiro atoms. The van der Waals surface area contributed by atoms with Gasteiger partial charge in [0.2, 0.25) is 0 Å². The highest BCUT2D eigenvalue weighted by Crippen LogP contribution is 2.35. The van der Waals surface area contributed by atoms with Crippen LogP contribution < -0.4 is 9.62 Å².